The minimum Gasteiger partial charge on any atom is -0.445 e. The predicted octanol–water partition coefficient (Wildman–Crippen LogP) is 2.55. The number of hydrazine groups is 1. The number of likely N-dealkylation sites (N-methyl/N-ethyl adjacent to an activating group) is 1. The van der Waals surface area contributed by atoms with Crippen LogP contribution in [0.1, 0.15) is 45.6 Å². The standard InChI is InChI=1S/C28H42N6O5/c1-5-17-39-28(38)29-15-10-13-23-26(36)31(16-14-21(3)4)19-24-33(23)25(35)20-32(6-2)34(24)27(37)30-18-22-11-8-7-9-12-22/h5,7-9,11-12,21,23-24H,1,6,10,13-20H2,2-4H3,(H,29,38)(H,30,37)/t23-,24-/m0/s1. The largest absolute Gasteiger partial charge is 0.445 e. The molecule has 1 aromatic carbocycles. The van der Waals surface area contributed by atoms with Gasteiger partial charge in [0.2, 0.25) is 11.8 Å². The number of piperazine rings is 1. The van der Waals surface area contributed by atoms with Crippen molar-refractivity contribution in [3.8, 4) is 0 Å². The van der Waals surface area contributed by atoms with Crippen LogP contribution in [0.15, 0.2) is 43.0 Å². The molecular weight excluding hydrogens is 500 g/mol. The van der Waals surface area contributed by atoms with Gasteiger partial charge in [-0.15, -0.1) is 0 Å². The number of alkyl carbamates (subject to hydrolysis) is 1. The molecule has 3 rings (SSSR count). The summed E-state index contributed by atoms with van der Waals surface area (Å²) in [6.07, 6.45) is 1.93. The van der Waals surface area contributed by atoms with Gasteiger partial charge in [-0.25, -0.2) is 19.6 Å². The van der Waals surface area contributed by atoms with E-state index in [9.17, 15) is 19.2 Å². The van der Waals surface area contributed by atoms with E-state index >= 15 is 0 Å². The lowest BCUT2D eigenvalue weighted by molar-refractivity contribution is -0.190. The summed E-state index contributed by atoms with van der Waals surface area (Å²) in [5, 5.41) is 9.00. The van der Waals surface area contributed by atoms with Crippen LogP contribution < -0.4 is 10.6 Å². The van der Waals surface area contributed by atoms with Crippen LogP contribution in [-0.4, -0.2) is 95.3 Å². The molecule has 2 fully saturated rings. The summed E-state index contributed by atoms with van der Waals surface area (Å²) >= 11 is 0. The van der Waals surface area contributed by atoms with Crippen LogP contribution >= 0.6 is 0 Å². The number of benzene rings is 1. The SMILES string of the molecule is C=CCOC(=O)NCCC[C@H]1C(=O)N(CCC(C)C)C[C@H]2N1C(=O)CN(CC)N2C(=O)NCc1ccccc1. The first-order chi connectivity index (χ1) is 18.8. The molecule has 0 spiro atoms. The van der Waals surface area contributed by atoms with Gasteiger partial charge >= 0.3 is 12.1 Å². The van der Waals surface area contributed by atoms with Gasteiger partial charge in [-0.3, -0.25) is 9.59 Å². The summed E-state index contributed by atoms with van der Waals surface area (Å²) < 4.78 is 4.93. The van der Waals surface area contributed by atoms with Gasteiger partial charge in [-0.2, -0.15) is 0 Å². The molecule has 2 atom stereocenters. The molecule has 0 radical (unpaired) electrons. The van der Waals surface area contributed by atoms with Gasteiger partial charge < -0.3 is 25.2 Å². The zero-order valence-electron chi connectivity index (χ0n) is 23.3. The highest BCUT2D eigenvalue weighted by Crippen LogP contribution is 2.28. The molecule has 0 saturated carbocycles. The second kappa shape index (κ2) is 14.5. The van der Waals surface area contributed by atoms with E-state index in [-0.39, 0.29) is 37.5 Å². The maximum atomic E-state index is 13.6. The molecule has 2 heterocycles. The van der Waals surface area contributed by atoms with Crippen LogP contribution in [0.2, 0.25) is 0 Å². The van der Waals surface area contributed by atoms with E-state index in [4.69, 9.17) is 4.74 Å². The van der Waals surface area contributed by atoms with Crippen molar-refractivity contribution < 1.29 is 23.9 Å². The molecule has 0 aliphatic carbocycles. The molecule has 0 bridgehead atoms. The second-order valence-corrected chi connectivity index (χ2v) is 10.2. The van der Waals surface area contributed by atoms with E-state index in [0.717, 1.165) is 12.0 Å². The van der Waals surface area contributed by atoms with E-state index in [0.29, 0.717) is 44.9 Å². The van der Waals surface area contributed by atoms with Gasteiger partial charge in [-0.05, 0) is 30.7 Å². The third-order valence-corrected chi connectivity index (χ3v) is 6.92. The van der Waals surface area contributed by atoms with Crippen molar-refractivity contribution in [2.24, 2.45) is 5.92 Å². The molecule has 2 saturated heterocycles. The first-order valence-electron chi connectivity index (χ1n) is 13.7. The van der Waals surface area contributed by atoms with Gasteiger partial charge in [0.25, 0.3) is 0 Å². The zero-order chi connectivity index (χ0) is 28.4. The van der Waals surface area contributed by atoms with Crippen molar-refractivity contribution in [2.75, 3.05) is 39.3 Å². The molecule has 2 aliphatic heterocycles. The van der Waals surface area contributed by atoms with Gasteiger partial charge in [0.05, 0.1) is 13.1 Å². The number of nitrogens with zero attached hydrogens (tertiary/aromatic N) is 4. The fourth-order valence-corrected chi connectivity index (χ4v) is 4.88. The Morgan fingerprint density at radius 2 is 1.92 bits per heavy atom. The zero-order valence-corrected chi connectivity index (χ0v) is 23.3. The Kier molecular flexibility index (Phi) is 11.2. The Morgan fingerprint density at radius 1 is 1.18 bits per heavy atom. The number of carbonyl (C=O) groups excluding carboxylic acids is 4. The van der Waals surface area contributed by atoms with E-state index < -0.39 is 18.3 Å². The average molecular weight is 543 g/mol. The molecule has 0 unspecified atom stereocenters. The first kappa shape index (κ1) is 29.9. The van der Waals surface area contributed by atoms with Crippen molar-refractivity contribution in [2.45, 2.75) is 58.8 Å². The molecule has 214 valence electrons. The summed E-state index contributed by atoms with van der Waals surface area (Å²) in [4.78, 5) is 55.7. The molecule has 39 heavy (non-hydrogen) atoms. The lowest BCUT2D eigenvalue weighted by atomic mass is 10.0. The van der Waals surface area contributed by atoms with E-state index in [1.165, 1.54) is 6.08 Å². The summed E-state index contributed by atoms with van der Waals surface area (Å²) in [6.45, 7) is 11.6. The number of nitrogens with one attached hydrogen (secondary N) is 2. The summed E-state index contributed by atoms with van der Waals surface area (Å²) in [5.41, 5.74) is 0.966. The van der Waals surface area contributed by atoms with Crippen molar-refractivity contribution in [3.63, 3.8) is 0 Å². The molecule has 11 heteroatoms. The minimum absolute atomic E-state index is 0.00760. The van der Waals surface area contributed by atoms with E-state index in [1.807, 2.05) is 37.3 Å². The Balaban J connectivity index is 1.79. The van der Waals surface area contributed by atoms with Gasteiger partial charge in [-0.1, -0.05) is 63.8 Å². The lowest BCUT2D eigenvalue weighted by Crippen LogP contribution is -2.76. The number of hydrogen-bond donors (Lipinski definition) is 2. The van der Waals surface area contributed by atoms with E-state index in [2.05, 4.69) is 31.1 Å². The van der Waals surface area contributed by atoms with Crippen molar-refractivity contribution in [3.05, 3.63) is 48.6 Å². The molecule has 1 aromatic rings. The third kappa shape index (κ3) is 7.95. The number of hydrogen-bond acceptors (Lipinski definition) is 6. The first-order valence-corrected chi connectivity index (χ1v) is 13.7. The maximum Gasteiger partial charge on any atom is 0.407 e. The molecule has 11 nitrogen and oxygen atoms in total. The van der Waals surface area contributed by atoms with Gasteiger partial charge in [0, 0.05) is 26.2 Å². The molecule has 2 N–H and O–H groups in total. The summed E-state index contributed by atoms with van der Waals surface area (Å²) in [7, 11) is 0. The number of ether oxygens (including phenoxy) is 1. The van der Waals surface area contributed by atoms with E-state index in [1.54, 1.807) is 19.8 Å². The van der Waals surface area contributed by atoms with Crippen molar-refractivity contribution in [1.82, 2.24) is 30.5 Å². The quantitative estimate of drug-likeness (QED) is 0.310. The predicted molar refractivity (Wildman–Crippen MR) is 147 cm³/mol. The molecule has 2 aliphatic rings. The number of amides is 5. The van der Waals surface area contributed by atoms with Crippen LogP contribution in [0.25, 0.3) is 0 Å². The van der Waals surface area contributed by atoms with Crippen LogP contribution in [0.4, 0.5) is 9.59 Å². The summed E-state index contributed by atoms with van der Waals surface area (Å²) in [6, 6.07) is 8.59. The fraction of sp³-hybridized carbons (Fsp3) is 0.571. The molecular formula is C28H42N6O5. The average Bonchev–Trinajstić information content (AvgIpc) is 2.93. The highest BCUT2D eigenvalue weighted by Gasteiger charge is 2.50. The molecule has 5 amide bonds. The number of rotatable bonds is 12. The number of fused-ring (bicyclic) bond motifs is 1. The van der Waals surface area contributed by atoms with Crippen LogP contribution in [0.5, 0.6) is 0 Å². The smallest absolute Gasteiger partial charge is 0.407 e. The van der Waals surface area contributed by atoms with Crippen molar-refractivity contribution >= 4 is 23.9 Å². The van der Waals surface area contributed by atoms with Gasteiger partial charge in [0.1, 0.15) is 18.8 Å². The Bertz CT molecular complexity index is 1000. The Hall–Kier alpha value is -3.60. The monoisotopic (exact) mass is 542 g/mol. The number of urea groups is 1. The van der Waals surface area contributed by atoms with Crippen molar-refractivity contribution in [1.29, 1.82) is 0 Å². The highest BCUT2D eigenvalue weighted by atomic mass is 16.5. The third-order valence-electron chi connectivity index (χ3n) is 6.92. The maximum absolute atomic E-state index is 13.6. The highest BCUT2D eigenvalue weighted by molar-refractivity contribution is 5.91. The molecule has 0 aromatic heterocycles. The minimum atomic E-state index is -0.724. The van der Waals surface area contributed by atoms with Crippen LogP contribution in [-0.2, 0) is 20.9 Å². The lowest BCUT2D eigenvalue weighted by Gasteiger charge is -2.55. The topological polar surface area (TPSA) is 115 Å². The fourth-order valence-electron chi connectivity index (χ4n) is 4.88. The normalized spacial score (nSPS) is 19.6. The Morgan fingerprint density at radius 3 is 2.59 bits per heavy atom. The van der Waals surface area contributed by atoms with Gasteiger partial charge in [0.15, 0.2) is 0 Å². The number of carbonyl (C=O) groups is 4. The van der Waals surface area contributed by atoms with Crippen LogP contribution in [0.3, 0.4) is 0 Å². The summed E-state index contributed by atoms with van der Waals surface area (Å²) in [5.74, 6) is 0.0868. The van der Waals surface area contributed by atoms with Crippen LogP contribution in [0, 0.1) is 5.92 Å². The second-order valence-electron chi connectivity index (χ2n) is 10.2. The Labute approximate surface area is 231 Å².